The number of aromatic nitrogens is 1. The number of nitrogens with one attached hydrogen (secondary N) is 1. The quantitative estimate of drug-likeness (QED) is 0.814. The van der Waals surface area contributed by atoms with E-state index < -0.39 is 0 Å². The van der Waals surface area contributed by atoms with E-state index in [-0.39, 0.29) is 12.0 Å². The van der Waals surface area contributed by atoms with Crippen molar-refractivity contribution in [2.24, 2.45) is 0 Å². The van der Waals surface area contributed by atoms with E-state index in [1.807, 2.05) is 34.9 Å². The third-order valence-corrected chi connectivity index (χ3v) is 5.31. The van der Waals surface area contributed by atoms with Gasteiger partial charge in [0.1, 0.15) is 10.7 Å². The van der Waals surface area contributed by atoms with Crippen LogP contribution in [0.3, 0.4) is 0 Å². The molecule has 1 saturated heterocycles. The molecule has 3 rings (SSSR count). The first-order valence-electron chi connectivity index (χ1n) is 7.58. The largest absolute Gasteiger partial charge is 0.384 e. The Hall–Kier alpha value is -1.70. The number of amides is 1. The average molecular weight is 349 g/mol. The summed E-state index contributed by atoms with van der Waals surface area (Å²) < 4.78 is 8.05. The van der Waals surface area contributed by atoms with Gasteiger partial charge in [0, 0.05) is 13.2 Å². The minimum atomic E-state index is -0.187. The number of carbonyl (C=O) groups excluding carboxylic acids is 1. The first kappa shape index (κ1) is 16.2. The fraction of sp³-hybridized carbons (Fsp3) is 0.375. The second-order valence-electron chi connectivity index (χ2n) is 5.50. The monoisotopic (exact) mass is 349 g/mol. The van der Waals surface area contributed by atoms with E-state index in [0.29, 0.717) is 27.7 Å². The first-order chi connectivity index (χ1) is 11.1. The Labute approximate surface area is 144 Å². The molecule has 1 atom stereocenters. The molecule has 0 saturated carbocycles. The van der Waals surface area contributed by atoms with E-state index in [0.717, 1.165) is 25.0 Å². The van der Waals surface area contributed by atoms with Gasteiger partial charge in [0.2, 0.25) is 0 Å². The number of hydrogen-bond acceptors (Lipinski definition) is 5. The van der Waals surface area contributed by atoms with Gasteiger partial charge in [-0.1, -0.05) is 41.7 Å². The second kappa shape index (κ2) is 7.25. The van der Waals surface area contributed by atoms with Crippen molar-refractivity contribution in [1.29, 1.82) is 0 Å². The molecule has 1 amide bonds. The average Bonchev–Trinajstić information content (AvgIpc) is 3.17. The molecule has 0 radical (unpaired) electrons. The molecule has 3 N–H and O–H groups in total. The zero-order chi connectivity index (χ0) is 16.2. The van der Waals surface area contributed by atoms with Crippen molar-refractivity contribution in [2.45, 2.75) is 32.0 Å². The highest BCUT2D eigenvalue weighted by Crippen LogP contribution is 2.24. The summed E-state index contributed by atoms with van der Waals surface area (Å²) in [5.41, 5.74) is 7.19. The minimum Gasteiger partial charge on any atom is -0.384 e. The van der Waals surface area contributed by atoms with Crippen molar-refractivity contribution in [3.63, 3.8) is 0 Å². The lowest BCUT2D eigenvalue weighted by atomic mass is 10.2. The van der Waals surface area contributed by atoms with Crippen molar-refractivity contribution < 1.29 is 9.53 Å². The molecule has 1 aliphatic heterocycles. The number of thiazole rings is 1. The number of carbonyl (C=O) groups is 1. The van der Waals surface area contributed by atoms with E-state index in [1.165, 1.54) is 11.3 Å². The van der Waals surface area contributed by atoms with Crippen LogP contribution < -0.4 is 11.1 Å². The maximum Gasteiger partial charge on any atom is 0.265 e. The summed E-state index contributed by atoms with van der Waals surface area (Å²) in [5.74, 6) is 0.245. The normalized spacial score (nSPS) is 17.3. The summed E-state index contributed by atoms with van der Waals surface area (Å²) in [6.07, 6.45) is 2.21. The fourth-order valence-corrected chi connectivity index (χ4v) is 3.86. The molecular weight excluding hydrogens is 330 g/mol. The summed E-state index contributed by atoms with van der Waals surface area (Å²) in [6, 6.07) is 9.76. The molecule has 1 aromatic heterocycles. The Bertz CT molecular complexity index is 734. The van der Waals surface area contributed by atoms with Gasteiger partial charge in [0.25, 0.3) is 5.91 Å². The zero-order valence-electron chi connectivity index (χ0n) is 12.7. The van der Waals surface area contributed by atoms with Gasteiger partial charge in [-0.05, 0) is 30.6 Å². The Balaban J connectivity index is 1.69. The second-order valence-corrected chi connectivity index (χ2v) is 7.14. The van der Waals surface area contributed by atoms with Crippen LogP contribution in [0.1, 0.15) is 28.1 Å². The van der Waals surface area contributed by atoms with Gasteiger partial charge in [0.05, 0.1) is 12.6 Å². The van der Waals surface area contributed by atoms with Crippen LogP contribution in [0.5, 0.6) is 0 Å². The molecule has 5 nitrogen and oxygen atoms in total. The van der Waals surface area contributed by atoms with Gasteiger partial charge in [-0.3, -0.25) is 4.79 Å². The van der Waals surface area contributed by atoms with Crippen LogP contribution >= 0.6 is 23.6 Å². The number of benzene rings is 1. The Morgan fingerprint density at radius 3 is 2.91 bits per heavy atom. The number of rotatable bonds is 5. The lowest BCUT2D eigenvalue weighted by molar-refractivity contribution is 0.0946. The molecule has 2 heterocycles. The molecule has 1 aliphatic rings. The first-order valence-corrected chi connectivity index (χ1v) is 8.80. The lowest BCUT2D eigenvalue weighted by Gasteiger charge is -2.12. The number of anilines is 1. The summed E-state index contributed by atoms with van der Waals surface area (Å²) in [7, 11) is 0. The van der Waals surface area contributed by atoms with Crippen molar-refractivity contribution >= 4 is 35.3 Å². The summed E-state index contributed by atoms with van der Waals surface area (Å²) in [5, 5.41) is 2.89. The van der Waals surface area contributed by atoms with Gasteiger partial charge in [-0.2, -0.15) is 0 Å². The van der Waals surface area contributed by atoms with Gasteiger partial charge >= 0.3 is 0 Å². The van der Waals surface area contributed by atoms with Gasteiger partial charge in [0.15, 0.2) is 3.95 Å². The third-order valence-electron chi connectivity index (χ3n) is 3.85. The molecule has 0 spiro atoms. The van der Waals surface area contributed by atoms with Crippen molar-refractivity contribution in [3.8, 4) is 0 Å². The highest BCUT2D eigenvalue weighted by atomic mass is 32.1. The van der Waals surface area contributed by atoms with E-state index in [1.54, 1.807) is 0 Å². The molecule has 0 bridgehead atoms. The third kappa shape index (κ3) is 3.80. The SMILES string of the molecule is Nc1c(C(=O)NCc2ccccc2)sc(=S)n1C[C@H]1CCCO1. The molecule has 0 aliphatic carbocycles. The maximum atomic E-state index is 12.4. The summed E-state index contributed by atoms with van der Waals surface area (Å²) in [4.78, 5) is 12.8. The van der Waals surface area contributed by atoms with Crippen LogP contribution in [0.15, 0.2) is 30.3 Å². The van der Waals surface area contributed by atoms with E-state index in [2.05, 4.69) is 5.32 Å². The highest BCUT2D eigenvalue weighted by Gasteiger charge is 2.21. The number of nitrogens with two attached hydrogens (primary N) is 1. The molecule has 7 heteroatoms. The maximum absolute atomic E-state index is 12.4. The molecule has 2 aromatic rings. The standard InChI is InChI=1S/C16H19N3O2S2/c17-14-13(15(20)18-9-11-5-2-1-3-6-11)23-16(22)19(14)10-12-7-4-8-21-12/h1-3,5-6,12H,4,7-10,17H2,(H,18,20)/t12-/m1/s1. The fourth-order valence-electron chi connectivity index (χ4n) is 2.60. The predicted molar refractivity (Wildman–Crippen MR) is 94.1 cm³/mol. The minimum absolute atomic E-state index is 0.138. The van der Waals surface area contributed by atoms with Crippen LogP contribution in [0.2, 0.25) is 0 Å². The van der Waals surface area contributed by atoms with Crippen molar-refractivity contribution in [2.75, 3.05) is 12.3 Å². The van der Waals surface area contributed by atoms with Gasteiger partial charge < -0.3 is 20.4 Å². The smallest absolute Gasteiger partial charge is 0.265 e. The van der Waals surface area contributed by atoms with Crippen molar-refractivity contribution in [1.82, 2.24) is 9.88 Å². The topological polar surface area (TPSA) is 69.3 Å². The number of ether oxygens (including phenoxy) is 1. The van der Waals surface area contributed by atoms with Crippen LogP contribution in [0.4, 0.5) is 5.82 Å². The molecule has 1 aromatic carbocycles. The number of nitrogen functional groups attached to an aromatic ring is 1. The van der Waals surface area contributed by atoms with E-state index >= 15 is 0 Å². The van der Waals surface area contributed by atoms with Gasteiger partial charge in [-0.15, -0.1) is 0 Å². The van der Waals surface area contributed by atoms with Gasteiger partial charge in [-0.25, -0.2) is 0 Å². The Kier molecular flexibility index (Phi) is 5.09. The Morgan fingerprint density at radius 1 is 1.43 bits per heavy atom. The Morgan fingerprint density at radius 2 is 2.22 bits per heavy atom. The molecule has 23 heavy (non-hydrogen) atoms. The molecule has 122 valence electrons. The molecule has 1 fully saturated rings. The van der Waals surface area contributed by atoms with Crippen LogP contribution in [0.25, 0.3) is 0 Å². The van der Waals surface area contributed by atoms with Crippen LogP contribution in [-0.2, 0) is 17.8 Å². The number of hydrogen-bond donors (Lipinski definition) is 2. The highest BCUT2D eigenvalue weighted by molar-refractivity contribution is 7.73. The van der Waals surface area contributed by atoms with Crippen LogP contribution in [-0.4, -0.2) is 23.2 Å². The molecular formula is C16H19N3O2S2. The molecule has 0 unspecified atom stereocenters. The summed E-state index contributed by atoms with van der Waals surface area (Å²) in [6.45, 7) is 1.87. The van der Waals surface area contributed by atoms with E-state index in [9.17, 15) is 4.79 Å². The predicted octanol–water partition coefficient (Wildman–Crippen LogP) is 2.97. The summed E-state index contributed by atoms with van der Waals surface area (Å²) >= 11 is 6.61. The van der Waals surface area contributed by atoms with Crippen LogP contribution in [0, 0.1) is 3.95 Å². The van der Waals surface area contributed by atoms with E-state index in [4.69, 9.17) is 22.7 Å². The lowest BCUT2D eigenvalue weighted by Crippen LogP contribution is -2.23. The van der Waals surface area contributed by atoms with Crippen molar-refractivity contribution in [3.05, 3.63) is 44.7 Å². The zero-order valence-corrected chi connectivity index (χ0v) is 14.3. The number of nitrogens with zero attached hydrogens (tertiary/aromatic N) is 1.